The molecule has 1 amide bonds. The smallest absolute Gasteiger partial charge is 0.264 e. The molecule has 2 aliphatic rings. The van der Waals surface area contributed by atoms with Gasteiger partial charge in [-0.25, -0.2) is 0 Å². The van der Waals surface area contributed by atoms with Crippen LogP contribution >= 0.6 is 15.9 Å². The lowest BCUT2D eigenvalue weighted by atomic mass is 9.89. The number of halogens is 1. The lowest BCUT2D eigenvalue weighted by molar-refractivity contribution is -0.140. The summed E-state index contributed by atoms with van der Waals surface area (Å²) in [7, 11) is 0. The Morgan fingerprint density at radius 3 is 2.68 bits per heavy atom. The number of rotatable bonds is 7. The molecular formula is C27H22BrNO5. The van der Waals surface area contributed by atoms with Crippen molar-refractivity contribution in [2.45, 2.75) is 18.4 Å². The normalized spacial score (nSPS) is 18.5. The van der Waals surface area contributed by atoms with Crippen LogP contribution in [0.4, 0.5) is 5.69 Å². The maximum atomic E-state index is 13.4. The number of allylic oxidation sites excluding steroid dienone is 1. The first-order valence-electron chi connectivity index (χ1n) is 10.9. The minimum Gasteiger partial charge on any atom is -0.454 e. The topological polar surface area (TPSA) is 76.1 Å². The molecule has 172 valence electrons. The largest absolute Gasteiger partial charge is 0.454 e. The summed E-state index contributed by atoms with van der Waals surface area (Å²) >= 11 is 3.42. The highest BCUT2D eigenvalue weighted by Crippen LogP contribution is 2.44. The molecule has 0 saturated heterocycles. The minimum absolute atomic E-state index is 0.173. The van der Waals surface area contributed by atoms with Gasteiger partial charge in [-0.1, -0.05) is 58.4 Å². The standard InChI is InChI=1S/C27H22BrNO5/c28-20-8-10-23-22(15-20)27(32,26(31)29(23)13-12-18-4-2-1-3-5-18)16-21(30)9-6-19-7-11-24-25(14-19)34-17-33-24/h1-11,14-15,32H,12-13,16-17H2/b9-6+. The zero-order valence-corrected chi connectivity index (χ0v) is 19.8. The van der Waals surface area contributed by atoms with Gasteiger partial charge in [0, 0.05) is 16.6 Å². The second-order valence-corrected chi connectivity index (χ2v) is 9.22. The van der Waals surface area contributed by atoms with Gasteiger partial charge in [-0.2, -0.15) is 0 Å². The Morgan fingerprint density at radius 1 is 1.06 bits per heavy atom. The molecule has 1 N–H and O–H groups in total. The van der Waals surface area contributed by atoms with Crippen LogP contribution in [0, 0.1) is 0 Å². The average Bonchev–Trinajstić information content (AvgIpc) is 3.38. The van der Waals surface area contributed by atoms with E-state index in [9.17, 15) is 14.7 Å². The summed E-state index contributed by atoms with van der Waals surface area (Å²) in [4.78, 5) is 27.8. The molecular weight excluding hydrogens is 498 g/mol. The van der Waals surface area contributed by atoms with E-state index in [0.717, 1.165) is 15.6 Å². The van der Waals surface area contributed by atoms with E-state index in [2.05, 4.69) is 15.9 Å². The Bertz CT molecular complexity index is 1290. The van der Waals surface area contributed by atoms with Crippen LogP contribution in [0.5, 0.6) is 11.5 Å². The Hall–Kier alpha value is -3.42. The third-order valence-electron chi connectivity index (χ3n) is 6.05. The van der Waals surface area contributed by atoms with Crippen LogP contribution in [0.15, 0.2) is 77.3 Å². The number of hydrogen-bond acceptors (Lipinski definition) is 5. The van der Waals surface area contributed by atoms with Crippen molar-refractivity contribution in [1.82, 2.24) is 0 Å². The van der Waals surface area contributed by atoms with Crippen LogP contribution in [0.1, 0.15) is 23.1 Å². The molecule has 0 radical (unpaired) electrons. The SMILES string of the molecule is O=C(/C=C/c1ccc2c(c1)OCO2)CC1(O)C(=O)N(CCc2ccccc2)c2ccc(Br)cc21. The molecule has 2 heterocycles. The maximum absolute atomic E-state index is 13.4. The summed E-state index contributed by atoms with van der Waals surface area (Å²) in [6.07, 6.45) is 3.31. The number of amides is 1. The molecule has 1 unspecified atom stereocenters. The van der Waals surface area contributed by atoms with Crippen molar-refractivity contribution in [2.24, 2.45) is 0 Å². The van der Waals surface area contributed by atoms with Crippen LogP contribution in [-0.2, 0) is 21.6 Å². The van der Waals surface area contributed by atoms with Gasteiger partial charge in [0.25, 0.3) is 5.91 Å². The summed E-state index contributed by atoms with van der Waals surface area (Å²) in [5.41, 5.74) is 0.984. The number of hydrogen-bond donors (Lipinski definition) is 1. The van der Waals surface area contributed by atoms with Gasteiger partial charge in [0.05, 0.1) is 12.1 Å². The summed E-state index contributed by atoms with van der Waals surface area (Å²) < 4.78 is 11.4. The van der Waals surface area contributed by atoms with Crippen LogP contribution in [0.2, 0.25) is 0 Å². The van der Waals surface area contributed by atoms with Crippen molar-refractivity contribution >= 4 is 39.4 Å². The summed E-state index contributed by atoms with van der Waals surface area (Å²) in [6, 6.07) is 20.6. The first-order valence-corrected chi connectivity index (χ1v) is 11.7. The first-order chi connectivity index (χ1) is 16.4. The molecule has 3 aromatic rings. The summed E-state index contributed by atoms with van der Waals surface area (Å²) in [6.45, 7) is 0.577. The summed E-state index contributed by atoms with van der Waals surface area (Å²) in [5.74, 6) is 0.435. The molecule has 0 bridgehead atoms. The fourth-order valence-electron chi connectivity index (χ4n) is 4.32. The van der Waals surface area contributed by atoms with Crippen molar-refractivity contribution in [3.63, 3.8) is 0 Å². The number of fused-ring (bicyclic) bond motifs is 2. The van der Waals surface area contributed by atoms with Gasteiger partial charge in [-0.15, -0.1) is 0 Å². The highest BCUT2D eigenvalue weighted by atomic mass is 79.9. The van der Waals surface area contributed by atoms with Crippen molar-refractivity contribution < 1.29 is 24.2 Å². The van der Waals surface area contributed by atoms with E-state index in [4.69, 9.17) is 9.47 Å². The van der Waals surface area contributed by atoms with E-state index in [1.807, 2.05) is 42.5 Å². The molecule has 7 heteroatoms. The number of carbonyl (C=O) groups excluding carboxylic acids is 2. The van der Waals surface area contributed by atoms with Crippen molar-refractivity contribution in [3.05, 3.63) is 94.0 Å². The summed E-state index contributed by atoms with van der Waals surface area (Å²) in [5, 5.41) is 11.5. The lowest BCUT2D eigenvalue weighted by Gasteiger charge is -2.22. The van der Waals surface area contributed by atoms with Gasteiger partial charge < -0.3 is 19.5 Å². The van der Waals surface area contributed by atoms with Crippen molar-refractivity contribution in [2.75, 3.05) is 18.2 Å². The van der Waals surface area contributed by atoms with Gasteiger partial charge in [0.15, 0.2) is 22.9 Å². The highest BCUT2D eigenvalue weighted by molar-refractivity contribution is 9.10. The Morgan fingerprint density at radius 2 is 1.85 bits per heavy atom. The van der Waals surface area contributed by atoms with E-state index in [0.29, 0.717) is 35.7 Å². The van der Waals surface area contributed by atoms with Crippen molar-refractivity contribution in [3.8, 4) is 11.5 Å². The molecule has 6 nitrogen and oxygen atoms in total. The molecule has 0 spiro atoms. The zero-order chi connectivity index (χ0) is 23.7. The van der Waals surface area contributed by atoms with Gasteiger partial charge in [-0.3, -0.25) is 9.59 Å². The monoisotopic (exact) mass is 519 g/mol. The number of anilines is 1. The Kier molecular flexibility index (Phi) is 5.98. The van der Waals surface area contributed by atoms with Gasteiger partial charge >= 0.3 is 0 Å². The number of aliphatic hydroxyl groups is 1. The molecule has 2 aliphatic heterocycles. The number of nitrogens with zero attached hydrogens (tertiary/aromatic N) is 1. The second kappa shape index (κ2) is 9.08. The van der Waals surface area contributed by atoms with E-state index >= 15 is 0 Å². The predicted octanol–water partition coefficient (Wildman–Crippen LogP) is 4.63. The van der Waals surface area contributed by atoms with Gasteiger partial charge in [0.2, 0.25) is 6.79 Å². The molecule has 0 aliphatic carbocycles. The average molecular weight is 520 g/mol. The second-order valence-electron chi connectivity index (χ2n) is 8.30. The molecule has 34 heavy (non-hydrogen) atoms. The molecule has 0 saturated carbocycles. The zero-order valence-electron chi connectivity index (χ0n) is 18.2. The molecule has 3 aromatic carbocycles. The third-order valence-corrected chi connectivity index (χ3v) is 6.54. The Labute approximate surface area is 205 Å². The lowest BCUT2D eigenvalue weighted by Crippen LogP contribution is -2.42. The molecule has 1 atom stereocenters. The fraction of sp³-hybridized carbons (Fsp3) is 0.185. The van der Waals surface area contributed by atoms with Crippen LogP contribution in [-0.4, -0.2) is 30.1 Å². The number of carbonyl (C=O) groups is 2. The number of benzene rings is 3. The molecule has 5 rings (SSSR count). The fourth-order valence-corrected chi connectivity index (χ4v) is 4.68. The highest BCUT2D eigenvalue weighted by Gasteiger charge is 2.50. The third kappa shape index (κ3) is 4.24. The van der Waals surface area contributed by atoms with E-state index in [1.165, 1.54) is 6.08 Å². The van der Waals surface area contributed by atoms with Crippen molar-refractivity contribution in [1.29, 1.82) is 0 Å². The quantitative estimate of drug-likeness (QED) is 0.460. The Balaban J connectivity index is 1.36. The van der Waals surface area contributed by atoms with Gasteiger partial charge in [0.1, 0.15) is 0 Å². The first kappa shape index (κ1) is 22.4. The van der Waals surface area contributed by atoms with Gasteiger partial charge in [-0.05, 0) is 54.0 Å². The van der Waals surface area contributed by atoms with E-state index in [-0.39, 0.29) is 19.0 Å². The number of ether oxygens (including phenoxy) is 2. The minimum atomic E-state index is -1.92. The van der Waals surface area contributed by atoms with Crippen LogP contribution in [0.25, 0.3) is 6.08 Å². The van der Waals surface area contributed by atoms with Crippen LogP contribution < -0.4 is 14.4 Å². The van der Waals surface area contributed by atoms with E-state index in [1.54, 1.807) is 35.2 Å². The number of ketones is 1. The van der Waals surface area contributed by atoms with Crippen LogP contribution in [0.3, 0.4) is 0 Å². The molecule has 0 fully saturated rings. The molecule has 0 aromatic heterocycles. The van der Waals surface area contributed by atoms with E-state index < -0.39 is 11.5 Å². The maximum Gasteiger partial charge on any atom is 0.264 e. The predicted molar refractivity (Wildman–Crippen MR) is 132 cm³/mol.